The van der Waals surface area contributed by atoms with Crippen LogP contribution in [0.2, 0.25) is 5.02 Å². The Labute approximate surface area is 119 Å². The summed E-state index contributed by atoms with van der Waals surface area (Å²) < 4.78 is 0. The number of phenols is 1. The van der Waals surface area contributed by atoms with E-state index in [0.717, 1.165) is 22.4 Å². The Morgan fingerprint density at radius 1 is 1.05 bits per heavy atom. The molecule has 3 heteroatoms. The summed E-state index contributed by atoms with van der Waals surface area (Å²) in [4.78, 5) is 0. The second kappa shape index (κ2) is 5.54. The molecule has 0 heterocycles. The van der Waals surface area contributed by atoms with Crippen LogP contribution in [0.3, 0.4) is 0 Å². The molecule has 2 aromatic carbocycles. The lowest BCUT2D eigenvalue weighted by atomic mass is 10.0. The molecule has 100 valence electrons. The van der Waals surface area contributed by atoms with Crippen molar-refractivity contribution in [3.63, 3.8) is 0 Å². The molecule has 1 atom stereocenters. The lowest BCUT2D eigenvalue weighted by molar-refractivity contribution is 0.465. The van der Waals surface area contributed by atoms with E-state index in [4.69, 9.17) is 11.6 Å². The molecule has 0 radical (unpaired) electrons. The van der Waals surface area contributed by atoms with E-state index in [2.05, 4.69) is 5.32 Å². The van der Waals surface area contributed by atoms with Crippen molar-refractivity contribution in [1.82, 2.24) is 0 Å². The molecule has 0 aliphatic carbocycles. The van der Waals surface area contributed by atoms with Crippen molar-refractivity contribution in [1.29, 1.82) is 0 Å². The normalized spacial score (nSPS) is 12.2. The molecule has 0 saturated heterocycles. The molecular weight excluding hydrogens is 258 g/mol. The average Bonchev–Trinajstić information content (AvgIpc) is 2.35. The van der Waals surface area contributed by atoms with Crippen LogP contribution in [0.25, 0.3) is 0 Å². The lowest BCUT2D eigenvalue weighted by Gasteiger charge is -2.18. The van der Waals surface area contributed by atoms with E-state index < -0.39 is 0 Å². The fraction of sp³-hybridized carbons (Fsp3) is 0.250. The number of phenolic OH excluding ortho intramolecular Hbond substituents is 1. The first-order valence-electron chi connectivity index (χ1n) is 6.29. The molecule has 0 aliphatic heterocycles. The number of rotatable bonds is 3. The van der Waals surface area contributed by atoms with Gasteiger partial charge in [0.25, 0.3) is 0 Å². The van der Waals surface area contributed by atoms with Crippen molar-refractivity contribution in [3.8, 4) is 5.75 Å². The number of benzene rings is 2. The third-order valence-corrected chi connectivity index (χ3v) is 3.46. The summed E-state index contributed by atoms with van der Waals surface area (Å²) in [6.45, 7) is 6.02. The Balaban J connectivity index is 2.25. The van der Waals surface area contributed by atoms with Gasteiger partial charge in [-0.25, -0.2) is 0 Å². The predicted molar refractivity (Wildman–Crippen MR) is 81.1 cm³/mol. The summed E-state index contributed by atoms with van der Waals surface area (Å²) in [7, 11) is 0. The van der Waals surface area contributed by atoms with Crippen molar-refractivity contribution in [2.75, 3.05) is 5.32 Å². The molecule has 2 N–H and O–H groups in total. The lowest BCUT2D eigenvalue weighted by Crippen LogP contribution is -2.07. The molecule has 0 fully saturated rings. The molecule has 0 spiro atoms. The van der Waals surface area contributed by atoms with Crippen LogP contribution in [0.4, 0.5) is 5.69 Å². The molecule has 2 aromatic rings. The number of anilines is 1. The van der Waals surface area contributed by atoms with Crippen molar-refractivity contribution in [2.24, 2.45) is 0 Å². The molecule has 1 unspecified atom stereocenters. The van der Waals surface area contributed by atoms with Gasteiger partial charge in [-0.15, -0.1) is 0 Å². The molecule has 0 bridgehead atoms. The SMILES string of the molecule is Cc1ccc(NC(C)c2cc(C)ccc2O)c(Cl)c1. The molecule has 2 rings (SSSR count). The predicted octanol–water partition coefficient (Wildman–Crippen LogP) is 4.84. The average molecular weight is 276 g/mol. The number of halogens is 1. The van der Waals surface area contributed by atoms with Gasteiger partial charge in [-0.3, -0.25) is 0 Å². The minimum absolute atomic E-state index is 0.0138. The molecule has 0 amide bonds. The minimum Gasteiger partial charge on any atom is -0.508 e. The molecule has 0 aliphatic rings. The fourth-order valence-electron chi connectivity index (χ4n) is 2.07. The summed E-state index contributed by atoms with van der Waals surface area (Å²) in [5.41, 5.74) is 4.00. The van der Waals surface area contributed by atoms with Gasteiger partial charge < -0.3 is 10.4 Å². The minimum atomic E-state index is -0.0138. The number of nitrogens with one attached hydrogen (secondary N) is 1. The van der Waals surface area contributed by atoms with E-state index in [9.17, 15) is 5.11 Å². The van der Waals surface area contributed by atoms with Crippen molar-refractivity contribution >= 4 is 17.3 Å². The van der Waals surface area contributed by atoms with Crippen LogP contribution >= 0.6 is 11.6 Å². The van der Waals surface area contributed by atoms with Crippen molar-refractivity contribution in [2.45, 2.75) is 26.8 Å². The molecule has 0 saturated carbocycles. The second-order valence-electron chi connectivity index (χ2n) is 4.91. The number of hydrogen-bond donors (Lipinski definition) is 2. The number of aryl methyl sites for hydroxylation is 2. The highest BCUT2D eigenvalue weighted by Crippen LogP contribution is 2.31. The first-order chi connectivity index (χ1) is 8.97. The summed E-state index contributed by atoms with van der Waals surface area (Å²) in [5, 5.41) is 13.9. The summed E-state index contributed by atoms with van der Waals surface area (Å²) in [6.07, 6.45) is 0. The van der Waals surface area contributed by atoms with E-state index in [1.165, 1.54) is 0 Å². The van der Waals surface area contributed by atoms with E-state index in [1.807, 2.05) is 51.1 Å². The highest BCUT2D eigenvalue weighted by molar-refractivity contribution is 6.33. The van der Waals surface area contributed by atoms with E-state index >= 15 is 0 Å². The zero-order valence-electron chi connectivity index (χ0n) is 11.4. The summed E-state index contributed by atoms with van der Waals surface area (Å²) in [6, 6.07) is 11.5. The summed E-state index contributed by atoms with van der Waals surface area (Å²) in [5.74, 6) is 0.300. The topological polar surface area (TPSA) is 32.3 Å². The Kier molecular flexibility index (Phi) is 4.01. The maximum atomic E-state index is 9.92. The third-order valence-electron chi connectivity index (χ3n) is 3.15. The number of hydrogen-bond acceptors (Lipinski definition) is 2. The van der Waals surface area contributed by atoms with E-state index in [-0.39, 0.29) is 6.04 Å². The van der Waals surface area contributed by atoms with Crippen LogP contribution < -0.4 is 5.32 Å². The Hall–Kier alpha value is -1.67. The zero-order valence-corrected chi connectivity index (χ0v) is 12.1. The van der Waals surface area contributed by atoms with Gasteiger partial charge in [0.05, 0.1) is 16.8 Å². The van der Waals surface area contributed by atoms with Gasteiger partial charge in [-0.2, -0.15) is 0 Å². The Bertz CT molecular complexity index is 595. The first-order valence-corrected chi connectivity index (χ1v) is 6.67. The van der Waals surface area contributed by atoms with Gasteiger partial charge in [0, 0.05) is 5.56 Å². The fourth-order valence-corrected chi connectivity index (χ4v) is 2.36. The van der Waals surface area contributed by atoms with Crippen LogP contribution in [0.5, 0.6) is 5.75 Å². The van der Waals surface area contributed by atoms with Gasteiger partial charge in [0.2, 0.25) is 0 Å². The molecule has 19 heavy (non-hydrogen) atoms. The highest BCUT2D eigenvalue weighted by atomic mass is 35.5. The molecule has 0 aromatic heterocycles. The van der Waals surface area contributed by atoms with Gasteiger partial charge in [0.15, 0.2) is 0 Å². The Morgan fingerprint density at radius 2 is 1.68 bits per heavy atom. The number of aromatic hydroxyl groups is 1. The standard InChI is InChI=1S/C16H18ClNO/c1-10-5-7-16(19)13(8-10)12(3)18-15-6-4-11(2)9-14(15)17/h4-9,12,18-19H,1-3H3. The largest absolute Gasteiger partial charge is 0.508 e. The maximum Gasteiger partial charge on any atom is 0.120 e. The highest BCUT2D eigenvalue weighted by Gasteiger charge is 2.12. The van der Waals surface area contributed by atoms with Crippen LogP contribution in [0.1, 0.15) is 29.7 Å². The zero-order chi connectivity index (χ0) is 14.0. The van der Waals surface area contributed by atoms with Gasteiger partial charge in [-0.1, -0.05) is 35.4 Å². The Morgan fingerprint density at radius 3 is 2.37 bits per heavy atom. The van der Waals surface area contributed by atoms with Crippen LogP contribution in [-0.2, 0) is 0 Å². The van der Waals surface area contributed by atoms with Gasteiger partial charge in [-0.05, 0) is 44.5 Å². The van der Waals surface area contributed by atoms with E-state index in [1.54, 1.807) is 6.07 Å². The van der Waals surface area contributed by atoms with Crippen LogP contribution in [-0.4, -0.2) is 5.11 Å². The quantitative estimate of drug-likeness (QED) is 0.840. The first kappa shape index (κ1) is 13.8. The van der Waals surface area contributed by atoms with Gasteiger partial charge >= 0.3 is 0 Å². The maximum absolute atomic E-state index is 9.92. The molecule has 2 nitrogen and oxygen atoms in total. The molecular formula is C16H18ClNO. The van der Waals surface area contributed by atoms with E-state index in [0.29, 0.717) is 10.8 Å². The third kappa shape index (κ3) is 3.21. The monoisotopic (exact) mass is 275 g/mol. The second-order valence-corrected chi connectivity index (χ2v) is 5.32. The van der Waals surface area contributed by atoms with Gasteiger partial charge in [0.1, 0.15) is 5.75 Å². The van der Waals surface area contributed by atoms with Crippen molar-refractivity contribution in [3.05, 3.63) is 58.1 Å². The summed E-state index contributed by atoms with van der Waals surface area (Å²) >= 11 is 6.21. The van der Waals surface area contributed by atoms with Crippen LogP contribution in [0, 0.1) is 13.8 Å². The van der Waals surface area contributed by atoms with Crippen LogP contribution in [0.15, 0.2) is 36.4 Å². The van der Waals surface area contributed by atoms with Crippen molar-refractivity contribution < 1.29 is 5.11 Å². The smallest absolute Gasteiger partial charge is 0.120 e.